The van der Waals surface area contributed by atoms with Crippen LogP contribution in [0.25, 0.3) is 0 Å². The molecule has 0 aromatic heterocycles. The SMILES string of the molecule is COC1(O)C(=O)O[C@@H]2[C@@H](O)CO[C@@]21O. The molecule has 0 amide bonds. The molecule has 2 saturated heterocycles. The Hall–Kier alpha value is -0.730. The van der Waals surface area contributed by atoms with Crippen LogP contribution in [0.2, 0.25) is 0 Å². The molecule has 0 spiro atoms. The van der Waals surface area contributed by atoms with Crippen molar-refractivity contribution in [2.45, 2.75) is 23.8 Å². The Morgan fingerprint density at radius 2 is 2.21 bits per heavy atom. The lowest BCUT2D eigenvalue weighted by molar-refractivity contribution is -0.337. The van der Waals surface area contributed by atoms with Crippen LogP contribution in [-0.2, 0) is 19.0 Å². The summed E-state index contributed by atoms with van der Waals surface area (Å²) in [5.41, 5.74) is 0. The summed E-state index contributed by atoms with van der Waals surface area (Å²) in [4.78, 5) is 11.1. The van der Waals surface area contributed by atoms with Gasteiger partial charge in [0.05, 0.1) is 6.61 Å². The highest BCUT2D eigenvalue weighted by atomic mass is 16.8. The molecule has 0 aliphatic carbocycles. The quantitative estimate of drug-likeness (QED) is 0.317. The Balaban J connectivity index is 2.41. The highest BCUT2D eigenvalue weighted by molar-refractivity contribution is 5.82. The second-order valence-corrected chi connectivity index (χ2v) is 3.25. The van der Waals surface area contributed by atoms with E-state index >= 15 is 0 Å². The summed E-state index contributed by atoms with van der Waals surface area (Å²) in [5, 5.41) is 28.7. The first-order chi connectivity index (χ1) is 6.45. The van der Waals surface area contributed by atoms with Crippen LogP contribution >= 0.6 is 0 Å². The molecule has 2 aliphatic rings. The van der Waals surface area contributed by atoms with Crippen molar-refractivity contribution in [2.75, 3.05) is 13.7 Å². The summed E-state index contributed by atoms with van der Waals surface area (Å²) in [5.74, 6) is -6.08. The average molecular weight is 206 g/mol. The maximum absolute atomic E-state index is 11.1. The van der Waals surface area contributed by atoms with Crippen LogP contribution in [0, 0.1) is 0 Å². The number of aliphatic hydroxyl groups is 3. The van der Waals surface area contributed by atoms with Crippen molar-refractivity contribution in [3.63, 3.8) is 0 Å². The molecule has 4 atom stereocenters. The van der Waals surface area contributed by atoms with Crippen molar-refractivity contribution in [1.29, 1.82) is 0 Å². The molecule has 7 heteroatoms. The lowest BCUT2D eigenvalue weighted by Gasteiger charge is -2.29. The fourth-order valence-corrected chi connectivity index (χ4v) is 1.66. The molecule has 0 aromatic rings. The van der Waals surface area contributed by atoms with Gasteiger partial charge in [-0.25, -0.2) is 4.79 Å². The molecule has 2 fully saturated rings. The number of rotatable bonds is 1. The highest BCUT2D eigenvalue weighted by Crippen LogP contribution is 2.43. The molecule has 14 heavy (non-hydrogen) atoms. The summed E-state index contributed by atoms with van der Waals surface area (Å²) in [6.07, 6.45) is -2.49. The maximum atomic E-state index is 11.1. The molecule has 80 valence electrons. The number of hydrogen-bond acceptors (Lipinski definition) is 7. The van der Waals surface area contributed by atoms with Crippen LogP contribution in [0.3, 0.4) is 0 Å². The van der Waals surface area contributed by atoms with Crippen LogP contribution in [0.4, 0.5) is 0 Å². The lowest BCUT2D eigenvalue weighted by Crippen LogP contribution is -2.59. The number of methoxy groups -OCH3 is 1. The van der Waals surface area contributed by atoms with Gasteiger partial charge in [0.2, 0.25) is 0 Å². The molecule has 0 radical (unpaired) electrons. The van der Waals surface area contributed by atoms with E-state index in [0.717, 1.165) is 7.11 Å². The molecule has 0 saturated carbocycles. The molecule has 2 rings (SSSR count). The number of carbonyl (C=O) groups is 1. The molecule has 2 aliphatic heterocycles. The lowest BCUT2D eigenvalue weighted by atomic mass is 10.0. The molecular weight excluding hydrogens is 196 g/mol. The van der Waals surface area contributed by atoms with Crippen molar-refractivity contribution in [3.05, 3.63) is 0 Å². The zero-order valence-corrected chi connectivity index (χ0v) is 7.34. The minimum Gasteiger partial charge on any atom is -0.449 e. The molecule has 7 nitrogen and oxygen atoms in total. The molecule has 0 aromatic carbocycles. The fraction of sp³-hybridized carbons (Fsp3) is 0.857. The van der Waals surface area contributed by atoms with Gasteiger partial charge in [0.1, 0.15) is 6.10 Å². The third kappa shape index (κ3) is 0.856. The van der Waals surface area contributed by atoms with E-state index in [1.807, 2.05) is 0 Å². The van der Waals surface area contributed by atoms with Gasteiger partial charge in [-0.1, -0.05) is 0 Å². The predicted octanol–water partition coefficient (Wildman–Crippen LogP) is -2.67. The third-order valence-corrected chi connectivity index (χ3v) is 2.50. The minimum absolute atomic E-state index is 0.236. The number of fused-ring (bicyclic) bond motifs is 1. The first-order valence-electron chi connectivity index (χ1n) is 3.98. The zero-order chi connectivity index (χ0) is 10.6. The largest absolute Gasteiger partial charge is 0.449 e. The Morgan fingerprint density at radius 3 is 2.79 bits per heavy atom. The standard InChI is InChI=1S/C7H10O7/c1-12-7(11)5(9)14-4-3(8)2-13-6(4,7)10/h3-4,8,10-11H,2H2,1H3/t3-,4+,6-,7?/m0/s1. The normalized spacial score (nSPS) is 51.9. The van der Waals surface area contributed by atoms with E-state index in [-0.39, 0.29) is 6.61 Å². The van der Waals surface area contributed by atoms with Crippen molar-refractivity contribution >= 4 is 5.97 Å². The number of ether oxygens (including phenoxy) is 3. The molecule has 2 heterocycles. The first kappa shape index (κ1) is 9.81. The van der Waals surface area contributed by atoms with Crippen LogP contribution in [0.1, 0.15) is 0 Å². The van der Waals surface area contributed by atoms with E-state index in [9.17, 15) is 20.1 Å². The zero-order valence-electron chi connectivity index (χ0n) is 7.34. The van der Waals surface area contributed by atoms with Gasteiger partial charge in [-0.2, -0.15) is 0 Å². The van der Waals surface area contributed by atoms with E-state index in [0.29, 0.717) is 0 Å². The molecule has 3 N–H and O–H groups in total. The van der Waals surface area contributed by atoms with Gasteiger partial charge in [-0.15, -0.1) is 0 Å². The third-order valence-electron chi connectivity index (χ3n) is 2.50. The van der Waals surface area contributed by atoms with Crippen LogP contribution in [0.5, 0.6) is 0 Å². The smallest absolute Gasteiger partial charge is 0.373 e. The molecular formula is C7H10O7. The molecule has 1 unspecified atom stereocenters. The van der Waals surface area contributed by atoms with E-state index in [2.05, 4.69) is 9.47 Å². The van der Waals surface area contributed by atoms with Crippen LogP contribution in [-0.4, -0.2) is 58.8 Å². The summed E-state index contributed by atoms with van der Waals surface area (Å²) >= 11 is 0. The van der Waals surface area contributed by atoms with Gasteiger partial charge in [0.25, 0.3) is 5.79 Å². The number of aliphatic hydroxyl groups excluding tert-OH is 1. The summed E-state index contributed by atoms with van der Waals surface area (Å²) in [7, 11) is 1.02. The average Bonchev–Trinajstić information content (AvgIpc) is 2.54. The topological polar surface area (TPSA) is 105 Å². The van der Waals surface area contributed by atoms with Gasteiger partial charge in [-0.05, 0) is 0 Å². The van der Waals surface area contributed by atoms with Crippen LogP contribution < -0.4 is 0 Å². The maximum Gasteiger partial charge on any atom is 0.373 e. The van der Waals surface area contributed by atoms with Gasteiger partial charge in [0.15, 0.2) is 6.10 Å². The Morgan fingerprint density at radius 1 is 1.57 bits per heavy atom. The van der Waals surface area contributed by atoms with E-state index in [4.69, 9.17) is 4.74 Å². The summed E-state index contributed by atoms with van der Waals surface area (Å²) < 4.78 is 13.8. The van der Waals surface area contributed by atoms with Crippen molar-refractivity contribution in [1.82, 2.24) is 0 Å². The Labute approximate surface area is 78.8 Å². The van der Waals surface area contributed by atoms with Gasteiger partial charge >= 0.3 is 11.8 Å². The van der Waals surface area contributed by atoms with Gasteiger partial charge in [-0.3, -0.25) is 0 Å². The fourth-order valence-electron chi connectivity index (χ4n) is 1.66. The number of carbonyl (C=O) groups excluding carboxylic acids is 1. The second kappa shape index (κ2) is 2.65. The van der Waals surface area contributed by atoms with Crippen molar-refractivity contribution in [2.24, 2.45) is 0 Å². The van der Waals surface area contributed by atoms with E-state index < -0.39 is 29.8 Å². The van der Waals surface area contributed by atoms with E-state index in [1.54, 1.807) is 0 Å². The van der Waals surface area contributed by atoms with Gasteiger partial charge in [0, 0.05) is 7.11 Å². The second-order valence-electron chi connectivity index (χ2n) is 3.25. The Kier molecular flexibility index (Phi) is 1.85. The Bertz CT molecular complexity index is 279. The van der Waals surface area contributed by atoms with Crippen molar-refractivity contribution < 1.29 is 34.3 Å². The van der Waals surface area contributed by atoms with Gasteiger partial charge < -0.3 is 29.5 Å². The summed E-state index contributed by atoms with van der Waals surface area (Å²) in [6, 6.07) is 0. The first-order valence-corrected chi connectivity index (χ1v) is 3.98. The number of esters is 1. The summed E-state index contributed by atoms with van der Waals surface area (Å²) in [6.45, 7) is -0.236. The number of hydrogen-bond donors (Lipinski definition) is 3. The highest BCUT2D eigenvalue weighted by Gasteiger charge is 2.74. The molecule has 0 bridgehead atoms. The van der Waals surface area contributed by atoms with Crippen LogP contribution in [0.15, 0.2) is 0 Å². The van der Waals surface area contributed by atoms with Crippen molar-refractivity contribution in [3.8, 4) is 0 Å². The van der Waals surface area contributed by atoms with E-state index in [1.165, 1.54) is 0 Å². The minimum atomic E-state index is -2.57. The predicted molar refractivity (Wildman–Crippen MR) is 38.7 cm³/mol. The monoisotopic (exact) mass is 206 g/mol.